The molecule has 0 aromatic heterocycles. The summed E-state index contributed by atoms with van der Waals surface area (Å²) in [5.41, 5.74) is 0.754. The van der Waals surface area contributed by atoms with Crippen LogP contribution in [0, 0.1) is 0 Å². The van der Waals surface area contributed by atoms with Crippen molar-refractivity contribution in [3.63, 3.8) is 0 Å². The molecule has 0 radical (unpaired) electrons. The lowest BCUT2D eigenvalue weighted by molar-refractivity contribution is 0.0109. The monoisotopic (exact) mass is 227 g/mol. The lowest BCUT2D eigenvalue weighted by Gasteiger charge is -2.32. The van der Waals surface area contributed by atoms with Gasteiger partial charge in [0.25, 0.3) is 0 Å². The van der Waals surface area contributed by atoms with Gasteiger partial charge in [-0.05, 0) is 31.5 Å². The molecule has 84 valence electrons. The lowest BCUT2D eigenvalue weighted by atomic mass is 9.86. The molecule has 1 fully saturated rings. The van der Waals surface area contributed by atoms with E-state index in [4.69, 9.17) is 0 Å². The van der Waals surface area contributed by atoms with Gasteiger partial charge in [0, 0.05) is 6.42 Å². The predicted molar refractivity (Wildman–Crippen MR) is 64.4 cm³/mol. The third kappa shape index (κ3) is 3.49. The molecule has 0 spiro atoms. The van der Waals surface area contributed by atoms with E-state index in [1.54, 1.807) is 0 Å². The van der Waals surface area contributed by atoms with E-state index in [1.165, 1.54) is 5.56 Å². The number of hydrogen-bond donors (Lipinski definition) is 2. The van der Waals surface area contributed by atoms with E-state index >= 15 is 0 Å². The molecule has 1 heterocycles. The largest absolute Gasteiger partial charge is 0.389 e. The quantitative estimate of drug-likeness (QED) is 0.807. The molecule has 1 saturated heterocycles. The average Bonchev–Trinajstić information content (AvgIpc) is 2.19. The first-order valence-corrected chi connectivity index (χ1v) is 5.26. The highest BCUT2D eigenvalue weighted by Gasteiger charge is 2.28. The van der Waals surface area contributed by atoms with Gasteiger partial charge in [-0.25, -0.2) is 0 Å². The van der Waals surface area contributed by atoms with Gasteiger partial charge in [0.1, 0.15) is 0 Å². The normalized spacial score (nSPS) is 19.3. The summed E-state index contributed by atoms with van der Waals surface area (Å²) in [5, 5.41) is 13.6. The van der Waals surface area contributed by atoms with Crippen molar-refractivity contribution in [3.05, 3.63) is 35.9 Å². The molecular weight excluding hydrogens is 210 g/mol. The molecule has 0 aliphatic carbocycles. The molecule has 15 heavy (non-hydrogen) atoms. The summed E-state index contributed by atoms with van der Waals surface area (Å²) in [6.45, 7) is 1.87. The molecular formula is C12H18ClNO. The van der Waals surface area contributed by atoms with Gasteiger partial charge in [-0.15, -0.1) is 12.4 Å². The van der Waals surface area contributed by atoms with Crippen LogP contribution in [0.2, 0.25) is 0 Å². The molecule has 1 aliphatic rings. The summed E-state index contributed by atoms with van der Waals surface area (Å²) >= 11 is 0. The fraction of sp³-hybridized carbons (Fsp3) is 0.500. The number of benzene rings is 1. The number of hydrogen-bond acceptors (Lipinski definition) is 2. The van der Waals surface area contributed by atoms with Crippen molar-refractivity contribution >= 4 is 12.4 Å². The van der Waals surface area contributed by atoms with Gasteiger partial charge in [0.2, 0.25) is 0 Å². The summed E-state index contributed by atoms with van der Waals surface area (Å²) < 4.78 is 0. The summed E-state index contributed by atoms with van der Waals surface area (Å²) in [7, 11) is 0. The number of halogens is 1. The molecule has 2 N–H and O–H groups in total. The fourth-order valence-corrected chi connectivity index (χ4v) is 2.04. The molecule has 3 heteroatoms. The lowest BCUT2D eigenvalue weighted by Crippen LogP contribution is -2.43. The minimum atomic E-state index is -0.480. The van der Waals surface area contributed by atoms with Crippen molar-refractivity contribution in [3.8, 4) is 0 Å². The molecule has 1 aromatic rings. The Morgan fingerprint density at radius 2 is 1.73 bits per heavy atom. The molecule has 1 aliphatic heterocycles. The predicted octanol–water partition coefficient (Wildman–Crippen LogP) is 1.77. The van der Waals surface area contributed by atoms with Gasteiger partial charge < -0.3 is 10.4 Å². The van der Waals surface area contributed by atoms with Crippen molar-refractivity contribution in [2.45, 2.75) is 24.9 Å². The first-order chi connectivity index (χ1) is 6.79. The SMILES string of the molecule is Cl.OC1(Cc2ccccc2)CCNCC1. The molecule has 2 nitrogen and oxygen atoms in total. The number of piperidine rings is 1. The van der Waals surface area contributed by atoms with E-state index in [1.807, 2.05) is 18.2 Å². The van der Waals surface area contributed by atoms with Gasteiger partial charge in [0.15, 0.2) is 0 Å². The van der Waals surface area contributed by atoms with Crippen LogP contribution in [0.1, 0.15) is 18.4 Å². The second kappa shape index (κ2) is 5.50. The van der Waals surface area contributed by atoms with Gasteiger partial charge >= 0.3 is 0 Å². The zero-order chi connectivity index (χ0) is 9.86. The summed E-state index contributed by atoms with van der Waals surface area (Å²) in [5.74, 6) is 0. The van der Waals surface area contributed by atoms with Crippen LogP contribution in [0.4, 0.5) is 0 Å². The van der Waals surface area contributed by atoms with E-state index in [2.05, 4.69) is 17.4 Å². The minimum absolute atomic E-state index is 0. The fourth-order valence-electron chi connectivity index (χ4n) is 2.04. The maximum Gasteiger partial charge on any atom is 0.0712 e. The van der Waals surface area contributed by atoms with Crippen molar-refractivity contribution in [1.82, 2.24) is 5.32 Å². The van der Waals surface area contributed by atoms with Gasteiger partial charge in [0.05, 0.1) is 5.60 Å². The number of aliphatic hydroxyl groups is 1. The topological polar surface area (TPSA) is 32.3 Å². The third-order valence-corrected chi connectivity index (χ3v) is 2.91. The van der Waals surface area contributed by atoms with Crippen molar-refractivity contribution in [2.75, 3.05) is 13.1 Å². The summed E-state index contributed by atoms with van der Waals surface area (Å²) in [4.78, 5) is 0. The summed E-state index contributed by atoms with van der Waals surface area (Å²) in [6, 6.07) is 10.2. The Morgan fingerprint density at radius 1 is 1.13 bits per heavy atom. The molecule has 0 unspecified atom stereocenters. The first-order valence-electron chi connectivity index (χ1n) is 5.26. The molecule has 0 amide bonds. The highest BCUT2D eigenvalue weighted by molar-refractivity contribution is 5.85. The Bertz CT molecular complexity index is 283. The molecule has 0 saturated carbocycles. The smallest absolute Gasteiger partial charge is 0.0712 e. The van der Waals surface area contributed by atoms with E-state index in [9.17, 15) is 5.11 Å². The maximum absolute atomic E-state index is 10.3. The van der Waals surface area contributed by atoms with Crippen molar-refractivity contribution < 1.29 is 5.11 Å². The van der Waals surface area contributed by atoms with Crippen LogP contribution in [0.5, 0.6) is 0 Å². The zero-order valence-corrected chi connectivity index (χ0v) is 9.59. The minimum Gasteiger partial charge on any atom is -0.389 e. The van der Waals surface area contributed by atoms with Crippen LogP contribution in [0.3, 0.4) is 0 Å². The van der Waals surface area contributed by atoms with Crippen LogP contribution < -0.4 is 5.32 Å². The first kappa shape index (κ1) is 12.5. The van der Waals surface area contributed by atoms with E-state index in [0.717, 1.165) is 32.4 Å². The van der Waals surface area contributed by atoms with Gasteiger partial charge in [-0.3, -0.25) is 0 Å². The zero-order valence-electron chi connectivity index (χ0n) is 8.78. The van der Waals surface area contributed by atoms with E-state index < -0.39 is 5.60 Å². The molecule has 1 aromatic carbocycles. The Labute approximate surface area is 97.1 Å². The second-order valence-corrected chi connectivity index (χ2v) is 4.14. The van der Waals surface area contributed by atoms with E-state index in [0.29, 0.717) is 0 Å². The Balaban J connectivity index is 0.00000112. The van der Waals surface area contributed by atoms with E-state index in [-0.39, 0.29) is 12.4 Å². The maximum atomic E-state index is 10.3. The van der Waals surface area contributed by atoms with Crippen molar-refractivity contribution in [1.29, 1.82) is 0 Å². The highest BCUT2D eigenvalue weighted by Crippen LogP contribution is 2.22. The van der Waals surface area contributed by atoms with Crippen LogP contribution in [-0.4, -0.2) is 23.8 Å². The Kier molecular flexibility index (Phi) is 4.58. The van der Waals surface area contributed by atoms with Gasteiger partial charge in [-0.1, -0.05) is 30.3 Å². The Morgan fingerprint density at radius 3 is 2.33 bits per heavy atom. The standard InChI is InChI=1S/C12H17NO.ClH/c14-12(6-8-13-9-7-12)10-11-4-2-1-3-5-11;/h1-5,13-14H,6-10H2;1H. The van der Waals surface area contributed by atoms with Gasteiger partial charge in [-0.2, -0.15) is 0 Å². The third-order valence-electron chi connectivity index (χ3n) is 2.91. The van der Waals surface area contributed by atoms with Crippen LogP contribution in [0.25, 0.3) is 0 Å². The van der Waals surface area contributed by atoms with Crippen LogP contribution >= 0.6 is 12.4 Å². The van der Waals surface area contributed by atoms with Crippen molar-refractivity contribution in [2.24, 2.45) is 0 Å². The van der Waals surface area contributed by atoms with Crippen LogP contribution in [-0.2, 0) is 6.42 Å². The highest BCUT2D eigenvalue weighted by atomic mass is 35.5. The molecule has 0 bridgehead atoms. The van der Waals surface area contributed by atoms with Crippen LogP contribution in [0.15, 0.2) is 30.3 Å². The Hall–Kier alpha value is -0.570. The second-order valence-electron chi connectivity index (χ2n) is 4.14. The molecule has 2 rings (SSSR count). The number of nitrogens with one attached hydrogen (secondary N) is 1. The average molecular weight is 228 g/mol. The number of rotatable bonds is 2. The summed E-state index contributed by atoms with van der Waals surface area (Å²) in [6.07, 6.45) is 2.51. The molecule has 0 atom stereocenters.